The zero-order chi connectivity index (χ0) is 17.0. The average Bonchev–Trinajstić information content (AvgIpc) is 2.93. The van der Waals surface area contributed by atoms with Crippen molar-refractivity contribution >= 4 is 16.8 Å². The van der Waals surface area contributed by atoms with Gasteiger partial charge in [-0.1, -0.05) is 0 Å². The number of nitrogens with zero attached hydrogens (tertiary/aromatic N) is 3. The third kappa shape index (κ3) is 5.06. The first kappa shape index (κ1) is 18.0. The van der Waals surface area contributed by atoms with E-state index in [0.717, 1.165) is 24.9 Å². The first-order valence-electron chi connectivity index (χ1n) is 8.19. The number of rotatable bonds is 4. The Morgan fingerprint density at radius 2 is 2.22 bits per heavy atom. The Balaban J connectivity index is 1.81. The number of nitrogens with one attached hydrogen (secondary N) is 1. The van der Waals surface area contributed by atoms with Crippen LogP contribution in [0.5, 0.6) is 0 Å². The van der Waals surface area contributed by atoms with Gasteiger partial charge in [-0.25, -0.2) is 4.79 Å². The average molecular weight is 340 g/mol. The molecule has 23 heavy (non-hydrogen) atoms. The van der Waals surface area contributed by atoms with Crippen molar-refractivity contribution in [1.82, 2.24) is 20.0 Å². The number of carbonyl (C=O) groups is 1. The van der Waals surface area contributed by atoms with Crippen molar-refractivity contribution < 1.29 is 9.00 Å². The molecular formula is C16H28N4O2S. The lowest BCUT2D eigenvalue weighted by Gasteiger charge is -2.33. The van der Waals surface area contributed by atoms with Crippen LogP contribution in [0.4, 0.5) is 4.79 Å². The first-order valence-corrected chi connectivity index (χ1v) is 9.51. The van der Waals surface area contributed by atoms with Crippen LogP contribution in [0.25, 0.3) is 0 Å². The molecule has 0 unspecified atom stereocenters. The maximum absolute atomic E-state index is 12.3. The molecule has 0 bridgehead atoms. The second-order valence-electron chi connectivity index (χ2n) is 7.13. The summed E-state index contributed by atoms with van der Waals surface area (Å²) < 4.78 is 13.7. The van der Waals surface area contributed by atoms with Crippen molar-refractivity contribution in [2.75, 3.05) is 25.4 Å². The van der Waals surface area contributed by atoms with Gasteiger partial charge in [0.15, 0.2) is 0 Å². The molecule has 2 atom stereocenters. The van der Waals surface area contributed by atoms with Crippen LogP contribution in [0, 0.1) is 6.92 Å². The summed E-state index contributed by atoms with van der Waals surface area (Å²) >= 11 is 0. The summed E-state index contributed by atoms with van der Waals surface area (Å²) in [6, 6.07) is 0.177. The fraction of sp³-hybridized carbons (Fsp3) is 0.750. The Bertz CT molecular complexity index is 565. The smallest absolute Gasteiger partial charge is 0.317 e. The molecular weight excluding hydrogens is 312 g/mol. The largest absolute Gasteiger partial charge is 0.337 e. The predicted octanol–water partition coefficient (Wildman–Crippen LogP) is 2.09. The van der Waals surface area contributed by atoms with Gasteiger partial charge in [-0.05, 0) is 46.1 Å². The summed E-state index contributed by atoms with van der Waals surface area (Å²) in [5.74, 6) is 0.491. The number of amides is 2. The van der Waals surface area contributed by atoms with Crippen molar-refractivity contribution in [2.24, 2.45) is 0 Å². The van der Waals surface area contributed by atoms with Crippen molar-refractivity contribution in [3.05, 3.63) is 18.0 Å². The van der Waals surface area contributed by atoms with Gasteiger partial charge >= 0.3 is 6.03 Å². The lowest BCUT2D eigenvalue weighted by atomic mass is 10.1. The Morgan fingerprint density at radius 1 is 1.48 bits per heavy atom. The number of aryl methyl sites for hydroxylation is 1. The number of carbonyl (C=O) groups excluding carboxylic acids is 1. The molecule has 1 aromatic heterocycles. The van der Waals surface area contributed by atoms with E-state index < -0.39 is 10.8 Å². The van der Waals surface area contributed by atoms with Crippen LogP contribution in [0.1, 0.15) is 45.2 Å². The van der Waals surface area contributed by atoms with Crippen LogP contribution in [-0.2, 0) is 10.8 Å². The summed E-state index contributed by atoms with van der Waals surface area (Å²) in [7, 11) is -0.940. The van der Waals surface area contributed by atoms with E-state index in [4.69, 9.17) is 0 Å². The van der Waals surface area contributed by atoms with E-state index in [0.29, 0.717) is 18.8 Å². The molecule has 0 radical (unpaired) electrons. The summed E-state index contributed by atoms with van der Waals surface area (Å²) in [5, 5.41) is 7.26. The highest BCUT2D eigenvalue weighted by atomic mass is 32.2. The molecule has 2 rings (SSSR count). The second-order valence-corrected chi connectivity index (χ2v) is 9.46. The molecule has 1 aliphatic rings. The highest BCUT2D eigenvalue weighted by Gasteiger charge is 2.25. The zero-order valence-corrected chi connectivity index (χ0v) is 15.4. The topological polar surface area (TPSA) is 67.2 Å². The summed E-state index contributed by atoms with van der Waals surface area (Å²) in [4.78, 5) is 14.1. The Labute approximate surface area is 141 Å². The van der Waals surface area contributed by atoms with Gasteiger partial charge in [0.05, 0.1) is 12.2 Å². The number of aromatic nitrogens is 2. The third-order valence-electron chi connectivity index (χ3n) is 4.04. The van der Waals surface area contributed by atoms with Crippen molar-refractivity contribution in [3.63, 3.8) is 0 Å². The maximum atomic E-state index is 12.3. The molecule has 2 amide bonds. The quantitative estimate of drug-likeness (QED) is 0.912. The van der Waals surface area contributed by atoms with Gasteiger partial charge in [0, 0.05) is 47.1 Å². The van der Waals surface area contributed by atoms with Crippen molar-refractivity contribution in [2.45, 2.75) is 51.3 Å². The molecule has 1 aromatic rings. The molecule has 7 heteroatoms. The number of urea groups is 1. The van der Waals surface area contributed by atoms with E-state index in [1.165, 1.54) is 0 Å². The van der Waals surface area contributed by atoms with Gasteiger partial charge in [-0.15, -0.1) is 0 Å². The van der Waals surface area contributed by atoms with Gasteiger partial charge in [0.1, 0.15) is 0 Å². The highest BCUT2D eigenvalue weighted by Crippen LogP contribution is 2.21. The molecule has 0 saturated carbocycles. The molecule has 1 fully saturated rings. The SMILES string of the molecule is Cc1cnn([C@@H]2CCCN(C(=O)NCC[S@@](=O)C(C)(C)C)C2)c1. The number of hydrogen-bond donors (Lipinski definition) is 1. The highest BCUT2D eigenvalue weighted by molar-refractivity contribution is 7.86. The lowest BCUT2D eigenvalue weighted by Crippen LogP contribution is -2.47. The van der Waals surface area contributed by atoms with Gasteiger partial charge in [0.2, 0.25) is 0 Å². The van der Waals surface area contributed by atoms with Crippen LogP contribution in [0.2, 0.25) is 0 Å². The standard InChI is InChI=1S/C16H28N4O2S/c1-13-10-18-20(11-13)14-6-5-8-19(12-14)15(21)17-7-9-23(22)16(2,3)4/h10-11,14H,5-9,12H2,1-4H3,(H,17,21)/t14-,23-/m1/s1. The van der Waals surface area contributed by atoms with Crippen molar-refractivity contribution in [3.8, 4) is 0 Å². The molecule has 1 saturated heterocycles. The van der Waals surface area contributed by atoms with Crippen LogP contribution in [0.15, 0.2) is 12.4 Å². The fourth-order valence-electron chi connectivity index (χ4n) is 2.66. The van der Waals surface area contributed by atoms with Crippen LogP contribution < -0.4 is 5.32 Å². The van der Waals surface area contributed by atoms with E-state index in [1.807, 2.05) is 49.7 Å². The van der Waals surface area contributed by atoms with E-state index in [-0.39, 0.29) is 16.8 Å². The summed E-state index contributed by atoms with van der Waals surface area (Å²) in [6.07, 6.45) is 5.89. The zero-order valence-electron chi connectivity index (χ0n) is 14.5. The van der Waals surface area contributed by atoms with Gasteiger partial charge in [-0.2, -0.15) is 5.10 Å². The summed E-state index contributed by atoms with van der Waals surface area (Å²) in [5.41, 5.74) is 1.14. The normalized spacial score (nSPS) is 20.3. The van der Waals surface area contributed by atoms with Crippen LogP contribution in [0.3, 0.4) is 0 Å². The third-order valence-corrected chi connectivity index (χ3v) is 5.98. The Morgan fingerprint density at radius 3 is 2.83 bits per heavy atom. The molecule has 2 heterocycles. The monoisotopic (exact) mass is 340 g/mol. The minimum atomic E-state index is -0.940. The minimum absolute atomic E-state index is 0.0653. The van der Waals surface area contributed by atoms with E-state index in [9.17, 15) is 9.00 Å². The number of hydrogen-bond acceptors (Lipinski definition) is 3. The van der Waals surface area contributed by atoms with Gasteiger partial charge < -0.3 is 10.2 Å². The lowest BCUT2D eigenvalue weighted by molar-refractivity contribution is 0.164. The molecule has 130 valence electrons. The van der Waals surface area contributed by atoms with Crippen molar-refractivity contribution in [1.29, 1.82) is 0 Å². The molecule has 0 aromatic carbocycles. The molecule has 6 nitrogen and oxygen atoms in total. The van der Waals surface area contributed by atoms with Crippen LogP contribution >= 0.6 is 0 Å². The second kappa shape index (κ2) is 7.47. The minimum Gasteiger partial charge on any atom is -0.337 e. The molecule has 1 aliphatic heterocycles. The Hall–Kier alpha value is -1.37. The Kier molecular flexibility index (Phi) is 5.84. The van der Waals surface area contributed by atoms with Crippen LogP contribution in [-0.4, -0.2) is 55.1 Å². The first-order chi connectivity index (χ1) is 10.8. The fourth-order valence-corrected chi connectivity index (χ4v) is 3.56. The molecule has 0 spiro atoms. The number of likely N-dealkylation sites (tertiary alicyclic amines) is 1. The van der Waals surface area contributed by atoms with E-state index in [2.05, 4.69) is 10.4 Å². The maximum Gasteiger partial charge on any atom is 0.317 e. The predicted molar refractivity (Wildman–Crippen MR) is 93.0 cm³/mol. The summed E-state index contributed by atoms with van der Waals surface area (Å²) in [6.45, 7) is 9.77. The molecule has 0 aliphatic carbocycles. The van der Waals surface area contributed by atoms with Gasteiger partial charge in [-0.3, -0.25) is 8.89 Å². The number of piperidine rings is 1. The van der Waals surface area contributed by atoms with E-state index >= 15 is 0 Å². The van der Waals surface area contributed by atoms with E-state index in [1.54, 1.807) is 0 Å². The molecule has 1 N–H and O–H groups in total. The van der Waals surface area contributed by atoms with Gasteiger partial charge in [0.25, 0.3) is 0 Å².